The van der Waals surface area contributed by atoms with Crippen LogP contribution >= 0.6 is 0 Å². The van der Waals surface area contributed by atoms with Crippen molar-refractivity contribution in [2.45, 2.75) is 25.1 Å². The fourth-order valence-electron chi connectivity index (χ4n) is 2.68. The van der Waals surface area contributed by atoms with Crippen LogP contribution in [-0.4, -0.2) is 41.1 Å². The third-order valence-corrected chi connectivity index (χ3v) is 4.79. The Kier molecular flexibility index (Phi) is 6.71. The maximum atomic E-state index is 13.4. The molecular formula is C19H19F5N6O2. The molecule has 0 saturated carbocycles. The minimum Gasteiger partial charge on any atom is -0.396 e. The number of nitrogens with two attached hydrogens (primary N) is 2. The van der Waals surface area contributed by atoms with Crippen molar-refractivity contribution in [3.05, 3.63) is 47.2 Å². The number of aromatic nitrogens is 1. The van der Waals surface area contributed by atoms with E-state index in [1.807, 2.05) is 0 Å². The van der Waals surface area contributed by atoms with Crippen molar-refractivity contribution in [2.75, 3.05) is 23.8 Å². The van der Waals surface area contributed by atoms with Crippen LogP contribution in [0.2, 0.25) is 0 Å². The number of anilines is 3. The second kappa shape index (κ2) is 8.77. The van der Waals surface area contributed by atoms with Gasteiger partial charge in [0.25, 0.3) is 0 Å². The molecule has 0 fully saturated rings. The topological polar surface area (TPSA) is 138 Å². The molecule has 2 rings (SSSR count). The number of carbonyl (C=O) groups is 2. The first-order valence-electron chi connectivity index (χ1n) is 8.89. The predicted molar refractivity (Wildman–Crippen MR) is 107 cm³/mol. The Morgan fingerprint density at radius 1 is 1.16 bits per heavy atom. The number of amides is 2. The molecule has 1 heterocycles. The van der Waals surface area contributed by atoms with Gasteiger partial charge in [0.05, 0.1) is 29.2 Å². The van der Waals surface area contributed by atoms with Gasteiger partial charge in [0.15, 0.2) is 0 Å². The summed E-state index contributed by atoms with van der Waals surface area (Å²) in [5.41, 5.74) is 10.2. The molecule has 0 aliphatic carbocycles. The summed E-state index contributed by atoms with van der Waals surface area (Å²) < 4.78 is 64.3. The zero-order chi connectivity index (χ0) is 24.4. The van der Waals surface area contributed by atoms with Gasteiger partial charge in [0.2, 0.25) is 0 Å². The molecule has 8 nitrogen and oxygen atoms in total. The summed E-state index contributed by atoms with van der Waals surface area (Å²) in [6.45, 7) is 1.45. The third-order valence-electron chi connectivity index (χ3n) is 4.79. The van der Waals surface area contributed by atoms with Gasteiger partial charge < -0.3 is 27.1 Å². The standard InChI is InChI=1S/C19H19F5N6O2/c1-9(10-3-5-11(6-4-10)18(20,21)19(22,23)24)30(2)17(32)16(31)29-13-8-28-15(27)12(7-25)14(13)26/h3-9,25H,1-2H3,(H,29,31)(H4,26,27,28). The molecule has 0 spiro atoms. The summed E-state index contributed by atoms with van der Waals surface area (Å²) in [5, 5.41) is 9.52. The van der Waals surface area contributed by atoms with Gasteiger partial charge in [-0.05, 0) is 12.5 Å². The second-order valence-electron chi connectivity index (χ2n) is 6.77. The number of alkyl halides is 5. The van der Waals surface area contributed by atoms with Crippen molar-refractivity contribution >= 4 is 35.2 Å². The van der Waals surface area contributed by atoms with Gasteiger partial charge in [-0.2, -0.15) is 22.0 Å². The SMILES string of the molecule is CC(c1ccc(C(F)(F)C(F)(F)F)cc1)N(C)C(=O)C(=O)Nc1cnc(N)c(C=N)c1N. The largest absolute Gasteiger partial charge is 0.458 e. The molecule has 2 amide bonds. The average molecular weight is 458 g/mol. The molecule has 2 aromatic rings. The molecule has 0 saturated heterocycles. The Labute approximate surface area is 178 Å². The number of halogens is 5. The zero-order valence-electron chi connectivity index (χ0n) is 16.8. The molecule has 0 bridgehead atoms. The van der Waals surface area contributed by atoms with Gasteiger partial charge in [-0.3, -0.25) is 9.59 Å². The molecule has 6 N–H and O–H groups in total. The number of pyridine rings is 1. The highest BCUT2D eigenvalue weighted by Gasteiger charge is 2.58. The number of nitrogens with zero attached hydrogens (tertiary/aromatic N) is 2. The van der Waals surface area contributed by atoms with E-state index in [1.54, 1.807) is 0 Å². The first kappa shape index (κ1) is 24.5. The molecular weight excluding hydrogens is 439 g/mol. The third kappa shape index (κ3) is 4.60. The van der Waals surface area contributed by atoms with E-state index in [2.05, 4.69) is 10.3 Å². The van der Waals surface area contributed by atoms with E-state index in [4.69, 9.17) is 16.9 Å². The fraction of sp³-hybridized carbons (Fsp3) is 0.263. The van der Waals surface area contributed by atoms with E-state index < -0.39 is 35.5 Å². The maximum absolute atomic E-state index is 13.4. The van der Waals surface area contributed by atoms with Crippen LogP contribution in [0.4, 0.5) is 39.1 Å². The number of nitrogens with one attached hydrogen (secondary N) is 2. The summed E-state index contributed by atoms with van der Waals surface area (Å²) in [6, 6.07) is 2.40. The molecule has 0 aliphatic rings. The molecule has 0 radical (unpaired) electrons. The van der Waals surface area contributed by atoms with Crippen molar-refractivity contribution in [1.82, 2.24) is 9.88 Å². The summed E-state index contributed by atoms with van der Waals surface area (Å²) in [6.07, 6.45) is -3.82. The van der Waals surface area contributed by atoms with E-state index in [1.165, 1.54) is 14.0 Å². The lowest BCUT2D eigenvalue weighted by atomic mass is 10.0. The number of rotatable bonds is 5. The van der Waals surface area contributed by atoms with Crippen molar-refractivity contribution in [3.8, 4) is 0 Å². The number of likely N-dealkylation sites (N-methyl/N-ethyl adjacent to an activating group) is 1. The number of hydrogen-bond acceptors (Lipinski definition) is 6. The predicted octanol–water partition coefficient (Wildman–Crippen LogP) is 3.06. The first-order chi connectivity index (χ1) is 14.7. The van der Waals surface area contributed by atoms with Gasteiger partial charge in [-0.25, -0.2) is 4.98 Å². The average Bonchev–Trinajstić information content (AvgIpc) is 2.73. The van der Waals surface area contributed by atoms with E-state index in [0.717, 1.165) is 29.4 Å². The van der Waals surface area contributed by atoms with Crippen molar-refractivity contribution in [3.63, 3.8) is 0 Å². The maximum Gasteiger partial charge on any atom is 0.458 e. The molecule has 0 aliphatic heterocycles. The van der Waals surface area contributed by atoms with Crippen molar-refractivity contribution in [2.24, 2.45) is 0 Å². The van der Waals surface area contributed by atoms with Gasteiger partial charge in [0.1, 0.15) is 5.82 Å². The highest BCUT2D eigenvalue weighted by Crippen LogP contribution is 2.44. The number of carbonyl (C=O) groups excluding carboxylic acids is 2. The summed E-state index contributed by atoms with van der Waals surface area (Å²) in [7, 11) is 1.25. The number of hydrogen-bond donors (Lipinski definition) is 4. The first-order valence-corrected chi connectivity index (χ1v) is 8.89. The quantitative estimate of drug-likeness (QED) is 0.310. The lowest BCUT2D eigenvalue weighted by Gasteiger charge is -2.26. The van der Waals surface area contributed by atoms with Crippen molar-refractivity contribution < 1.29 is 31.5 Å². The normalized spacial score (nSPS) is 12.7. The van der Waals surface area contributed by atoms with E-state index in [9.17, 15) is 31.5 Å². The minimum absolute atomic E-state index is 0.0488. The Bertz CT molecular complexity index is 1040. The van der Waals surface area contributed by atoms with Crippen LogP contribution in [0.3, 0.4) is 0 Å². The Morgan fingerprint density at radius 3 is 2.22 bits per heavy atom. The minimum atomic E-state index is -5.75. The van der Waals surface area contributed by atoms with Gasteiger partial charge in [-0.15, -0.1) is 0 Å². The smallest absolute Gasteiger partial charge is 0.396 e. The molecule has 1 aromatic carbocycles. The van der Waals surface area contributed by atoms with Crippen LogP contribution in [0.25, 0.3) is 0 Å². The van der Waals surface area contributed by atoms with Crippen LogP contribution in [0.1, 0.15) is 29.7 Å². The molecule has 1 aromatic heterocycles. The highest BCUT2D eigenvalue weighted by molar-refractivity contribution is 6.39. The molecule has 32 heavy (non-hydrogen) atoms. The van der Waals surface area contributed by atoms with Crippen LogP contribution in [0, 0.1) is 5.41 Å². The summed E-state index contributed by atoms with van der Waals surface area (Å²) in [4.78, 5) is 29.5. The highest BCUT2D eigenvalue weighted by atomic mass is 19.4. The van der Waals surface area contributed by atoms with Crippen molar-refractivity contribution in [1.29, 1.82) is 5.41 Å². The van der Waals surface area contributed by atoms with Crippen LogP contribution in [0.5, 0.6) is 0 Å². The molecule has 13 heteroatoms. The molecule has 172 valence electrons. The van der Waals surface area contributed by atoms with E-state index >= 15 is 0 Å². The number of benzene rings is 1. The lowest BCUT2D eigenvalue weighted by molar-refractivity contribution is -0.289. The van der Waals surface area contributed by atoms with Gasteiger partial charge in [-0.1, -0.05) is 24.3 Å². The monoisotopic (exact) mass is 458 g/mol. The van der Waals surface area contributed by atoms with E-state index in [0.29, 0.717) is 12.1 Å². The van der Waals surface area contributed by atoms with Gasteiger partial charge >= 0.3 is 23.9 Å². The van der Waals surface area contributed by atoms with Gasteiger partial charge in [0, 0.05) is 18.8 Å². The summed E-state index contributed by atoms with van der Waals surface area (Å²) in [5.74, 6) is -7.24. The fourth-order valence-corrected chi connectivity index (χ4v) is 2.68. The Morgan fingerprint density at radius 2 is 1.72 bits per heavy atom. The lowest BCUT2D eigenvalue weighted by Crippen LogP contribution is -2.38. The molecule has 1 unspecified atom stereocenters. The summed E-state index contributed by atoms with van der Waals surface area (Å²) >= 11 is 0. The van der Waals surface area contributed by atoms with Crippen LogP contribution < -0.4 is 16.8 Å². The van der Waals surface area contributed by atoms with E-state index in [-0.39, 0.29) is 28.3 Å². The second-order valence-corrected chi connectivity index (χ2v) is 6.77. The Hall–Kier alpha value is -3.77. The van der Waals surface area contributed by atoms with Crippen LogP contribution in [0.15, 0.2) is 30.5 Å². The van der Waals surface area contributed by atoms with Crippen LogP contribution in [-0.2, 0) is 15.5 Å². The Balaban J connectivity index is 2.17. The zero-order valence-corrected chi connectivity index (χ0v) is 16.8. The molecule has 1 atom stereocenters. The number of nitrogen functional groups attached to an aromatic ring is 2.